The number of nitrogens with zero attached hydrogens (tertiary/aromatic N) is 6. The predicted molar refractivity (Wildman–Crippen MR) is 90.8 cm³/mol. The molecule has 4 heterocycles. The second-order valence-electron chi connectivity index (χ2n) is 5.71. The van der Waals surface area contributed by atoms with Crippen LogP contribution in [0.1, 0.15) is 5.69 Å². The van der Waals surface area contributed by atoms with E-state index < -0.39 is 0 Å². The number of fused-ring (bicyclic) bond motifs is 1. The van der Waals surface area contributed by atoms with Gasteiger partial charge in [0.1, 0.15) is 5.82 Å². The Hall–Kier alpha value is -2.83. The molecular formula is C16H19N7. The lowest BCUT2D eigenvalue weighted by molar-refractivity contribution is 0.644. The number of rotatable bonds is 2. The first-order chi connectivity index (χ1) is 11.2. The van der Waals surface area contributed by atoms with Gasteiger partial charge in [-0.2, -0.15) is 4.98 Å². The van der Waals surface area contributed by atoms with E-state index in [1.807, 2.05) is 28.9 Å². The van der Waals surface area contributed by atoms with E-state index in [1.54, 1.807) is 0 Å². The Kier molecular flexibility index (Phi) is 3.25. The zero-order chi connectivity index (χ0) is 15.8. The molecule has 1 fully saturated rings. The number of piperazine rings is 1. The number of nitrogen functional groups attached to an aromatic ring is 1. The normalized spacial score (nSPS) is 15.3. The molecule has 2 N–H and O–H groups in total. The van der Waals surface area contributed by atoms with Crippen molar-refractivity contribution in [3.8, 4) is 0 Å². The van der Waals surface area contributed by atoms with Crippen molar-refractivity contribution in [3.05, 3.63) is 42.2 Å². The lowest BCUT2D eigenvalue weighted by Gasteiger charge is -2.37. The van der Waals surface area contributed by atoms with Gasteiger partial charge in [0.2, 0.25) is 5.95 Å². The third kappa shape index (κ3) is 2.44. The molecule has 0 bridgehead atoms. The number of hydrogen-bond donors (Lipinski definition) is 1. The average molecular weight is 309 g/mol. The Balaban J connectivity index is 1.55. The van der Waals surface area contributed by atoms with Gasteiger partial charge in [0, 0.05) is 32.4 Å². The molecule has 7 heteroatoms. The van der Waals surface area contributed by atoms with Gasteiger partial charge in [-0.15, -0.1) is 5.10 Å². The van der Waals surface area contributed by atoms with Crippen molar-refractivity contribution in [2.45, 2.75) is 6.92 Å². The molecule has 0 aromatic carbocycles. The summed E-state index contributed by atoms with van der Waals surface area (Å²) in [5.41, 5.74) is 8.74. The van der Waals surface area contributed by atoms with E-state index in [0.29, 0.717) is 5.95 Å². The Morgan fingerprint density at radius 1 is 1.00 bits per heavy atom. The molecule has 0 atom stereocenters. The molecule has 23 heavy (non-hydrogen) atoms. The third-order valence-electron chi connectivity index (χ3n) is 4.32. The van der Waals surface area contributed by atoms with Gasteiger partial charge in [0.05, 0.1) is 11.4 Å². The quantitative estimate of drug-likeness (QED) is 0.770. The molecule has 0 radical (unpaired) electrons. The van der Waals surface area contributed by atoms with Crippen molar-refractivity contribution in [3.63, 3.8) is 0 Å². The molecule has 0 aliphatic carbocycles. The van der Waals surface area contributed by atoms with Gasteiger partial charge >= 0.3 is 0 Å². The molecule has 0 spiro atoms. The number of aryl methyl sites for hydroxylation is 1. The number of hydrogen-bond acceptors (Lipinski definition) is 6. The summed E-state index contributed by atoms with van der Waals surface area (Å²) in [5, 5.41) is 4.27. The predicted octanol–water partition coefficient (Wildman–Crippen LogP) is 1.34. The monoisotopic (exact) mass is 309 g/mol. The zero-order valence-corrected chi connectivity index (χ0v) is 13.1. The molecule has 7 nitrogen and oxygen atoms in total. The van der Waals surface area contributed by atoms with E-state index in [0.717, 1.165) is 43.3 Å². The molecule has 1 saturated heterocycles. The second kappa shape index (κ2) is 5.42. The zero-order valence-electron chi connectivity index (χ0n) is 13.1. The molecule has 0 amide bonds. The Morgan fingerprint density at radius 3 is 2.52 bits per heavy atom. The molecule has 1 aliphatic heterocycles. The summed E-state index contributed by atoms with van der Waals surface area (Å²) in [6.45, 7) is 5.86. The third-order valence-corrected chi connectivity index (χ3v) is 4.32. The first kappa shape index (κ1) is 13.8. The summed E-state index contributed by atoms with van der Waals surface area (Å²) in [6, 6.07) is 10.1. The van der Waals surface area contributed by atoms with Crippen LogP contribution in [0.25, 0.3) is 5.65 Å². The first-order valence-electron chi connectivity index (χ1n) is 7.75. The van der Waals surface area contributed by atoms with Crippen LogP contribution in [0, 0.1) is 6.92 Å². The lowest BCUT2D eigenvalue weighted by atomic mass is 10.2. The maximum Gasteiger partial charge on any atom is 0.240 e. The Bertz CT molecular complexity index is 819. The van der Waals surface area contributed by atoms with Crippen LogP contribution < -0.4 is 15.5 Å². The van der Waals surface area contributed by atoms with Gasteiger partial charge in [0.15, 0.2) is 5.65 Å². The summed E-state index contributed by atoms with van der Waals surface area (Å²) in [7, 11) is 0. The Morgan fingerprint density at radius 2 is 1.78 bits per heavy atom. The van der Waals surface area contributed by atoms with Crippen molar-refractivity contribution < 1.29 is 0 Å². The molecule has 3 aromatic rings. The van der Waals surface area contributed by atoms with Gasteiger partial charge in [-0.05, 0) is 31.2 Å². The first-order valence-corrected chi connectivity index (χ1v) is 7.75. The molecule has 0 saturated carbocycles. The summed E-state index contributed by atoms with van der Waals surface area (Å²) < 4.78 is 1.82. The van der Waals surface area contributed by atoms with Crippen molar-refractivity contribution in [2.24, 2.45) is 0 Å². The van der Waals surface area contributed by atoms with Crippen molar-refractivity contribution in [1.82, 2.24) is 19.6 Å². The van der Waals surface area contributed by atoms with E-state index in [2.05, 4.69) is 43.9 Å². The minimum Gasteiger partial charge on any atom is -0.367 e. The molecular weight excluding hydrogens is 290 g/mol. The van der Waals surface area contributed by atoms with E-state index in [1.165, 1.54) is 5.69 Å². The molecule has 3 aromatic heterocycles. The van der Waals surface area contributed by atoms with E-state index >= 15 is 0 Å². The largest absolute Gasteiger partial charge is 0.367 e. The van der Waals surface area contributed by atoms with E-state index in [4.69, 9.17) is 5.73 Å². The van der Waals surface area contributed by atoms with Crippen LogP contribution in [-0.2, 0) is 0 Å². The van der Waals surface area contributed by atoms with Gasteiger partial charge in [-0.25, -0.2) is 9.50 Å². The molecule has 1 aliphatic rings. The average Bonchev–Trinajstić information content (AvgIpc) is 2.98. The molecule has 4 rings (SSSR count). The fourth-order valence-corrected chi connectivity index (χ4v) is 3.13. The van der Waals surface area contributed by atoms with Crippen molar-refractivity contribution >= 4 is 23.1 Å². The fourth-order valence-electron chi connectivity index (χ4n) is 3.13. The van der Waals surface area contributed by atoms with Gasteiger partial charge in [-0.3, -0.25) is 0 Å². The van der Waals surface area contributed by atoms with Crippen molar-refractivity contribution in [1.29, 1.82) is 0 Å². The number of nitrogens with two attached hydrogens (primary N) is 1. The van der Waals surface area contributed by atoms with Crippen LogP contribution in [0.4, 0.5) is 17.5 Å². The summed E-state index contributed by atoms with van der Waals surface area (Å²) in [4.78, 5) is 13.3. The number of anilines is 3. The van der Waals surface area contributed by atoms with Crippen LogP contribution in [0.3, 0.4) is 0 Å². The number of aromatic nitrogens is 4. The summed E-state index contributed by atoms with van der Waals surface area (Å²) in [5.74, 6) is 1.36. The lowest BCUT2D eigenvalue weighted by Crippen LogP contribution is -2.47. The minimum absolute atomic E-state index is 0.310. The number of pyridine rings is 2. The highest BCUT2D eigenvalue weighted by Crippen LogP contribution is 2.23. The van der Waals surface area contributed by atoms with Crippen LogP contribution in [-0.4, -0.2) is 45.8 Å². The highest BCUT2D eigenvalue weighted by atomic mass is 15.3. The minimum atomic E-state index is 0.310. The molecule has 118 valence electrons. The summed E-state index contributed by atoms with van der Waals surface area (Å²) in [6.07, 6.45) is 1.84. The van der Waals surface area contributed by atoms with Gasteiger partial charge < -0.3 is 15.5 Å². The van der Waals surface area contributed by atoms with Crippen molar-refractivity contribution in [2.75, 3.05) is 41.7 Å². The highest BCUT2D eigenvalue weighted by Gasteiger charge is 2.20. The summed E-state index contributed by atoms with van der Waals surface area (Å²) >= 11 is 0. The molecule has 0 unspecified atom stereocenters. The highest BCUT2D eigenvalue weighted by molar-refractivity contribution is 5.58. The topological polar surface area (TPSA) is 75.6 Å². The van der Waals surface area contributed by atoms with Crippen LogP contribution in [0.2, 0.25) is 0 Å². The second-order valence-corrected chi connectivity index (χ2v) is 5.71. The maximum atomic E-state index is 5.70. The van der Waals surface area contributed by atoms with Gasteiger partial charge in [0.25, 0.3) is 0 Å². The van der Waals surface area contributed by atoms with Crippen LogP contribution in [0.5, 0.6) is 0 Å². The van der Waals surface area contributed by atoms with Crippen LogP contribution >= 0.6 is 0 Å². The van der Waals surface area contributed by atoms with Gasteiger partial charge in [-0.1, -0.05) is 6.07 Å². The van der Waals surface area contributed by atoms with E-state index in [-0.39, 0.29) is 0 Å². The maximum absolute atomic E-state index is 5.70. The smallest absolute Gasteiger partial charge is 0.240 e. The van der Waals surface area contributed by atoms with E-state index in [9.17, 15) is 0 Å². The fraction of sp³-hybridized carbons (Fsp3) is 0.312. The Labute approximate surface area is 134 Å². The SMILES string of the molecule is Cc1c(N2CCN(c3ccccn3)CC2)ccc2nc(N)nn12. The standard InChI is InChI=1S/C16H19N7/c1-12-13(5-6-15-19-16(17)20-23(12)15)21-8-10-22(11-9-21)14-4-2-3-7-18-14/h2-7H,8-11H2,1H3,(H2,17,20). The van der Waals surface area contributed by atoms with Crippen LogP contribution in [0.15, 0.2) is 36.5 Å².